The number of aromatic nitrogens is 2. The molecule has 0 aliphatic rings. The topological polar surface area (TPSA) is 37.9 Å². The highest BCUT2D eigenvalue weighted by Gasteiger charge is 2.04. The fourth-order valence-corrected chi connectivity index (χ4v) is 2.09. The van der Waals surface area contributed by atoms with E-state index < -0.39 is 0 Å². The molecule has 0 saturated heterocycles. The number of hydrogen-bond donors (Lipinski definition) is 1. The summed E-state index contributed by atoms with van der Waals surface area (Å²) in [6.07, 6.45) is 1.83. The zero-order valence-corrected chi connectivity index (χ0v) is 11.1. The number of hydrogen-bond acceptors (Lipinski definition) is 2. The molecule has 0 aliphatic heterocycles. The van der Waals surface area contributed by atoms with E-state index in [1.807, 2.05) is 42.6 Å². The smallest absolute Gasteiger partial charge is 0.128 e. The van der Waals surface area contributed by atoms with Crippen molar-refractivity contribution >= 4 is 11.0 Å². The molecule has 1 N–H and O–H groups in total. The maximum Gasteiger partial charge on any atom is 0.128 e. The summed E-state index contributed by atoms with van der Waals surface area (Å²) in [5, 5.41) is 0. The second kappa shape index (κ2) is 4.76. The van der Waals surface area contributed by atoms with E-state index in [0.29, 0.717) is 6.61 Å². The van der Waals surface area contributed by atoms with Crippen LogP contribution in [0.25, 0.3) is 11.0 Å². The lowest BCUT2D eigenvalue weighted by Gasteiger charge is -2.04. The van der Waals surface area contributed by atoms with Gasteiger partial charge in [0.1, 0.15) is 12.4 Å². The minimum atomic E-state index is 0.527. The Bertz CT molecular complexity index is 698. The van der Waals surface area contributed by atoms with E-state index in [9.17, 15) is 0 Å². The van der Waals surface area contributed by atoms with Crippen molar-refractivity contribution < 1.29 is 4.74 Å². The van der Waals surface area contributed by atoms with Crippen molar-refractivity contribution in [2.75, 3.05) is 0 Å². The molecule has 0 saturated carbocycles. The molecule has 3 nitrogen and oxygen atoms in total. The average molecular weight is 252 g/mol. The van der Waals surface area contributed by atoms with Crippen LogP contribution in [0.3, 0.4) is 0 Å². The van der Waals surface area contributed by atoms with E-state index in [1.165, 1.54) is 11.1 Å². The van der Waals surface area contributed by atoms with Gasteiger partial charge in [0.05, 0.1) is 16.7 Å². The first-order valence-corrected chi connectivity index (χ1v) is 6.35. The predicted octanol–water partition coefficient (Wildman–Crippen LogP) is 3.76. The van der Waals surface area contributed by atoms with Crippen LogP contribution < -0.4 is 4.74 Å². The second-order valence-corrected chi connectivity index (χ2v) is 4.78. The highest BCUT2D eigenvalue weighted by atomic mass is 16.5. The molecule has 0 unspecified atom stereocenters. The normalized spacial score (nSPS) is 10.8. The molecule has 0 radical (unpaired) electrons. The Hall–Kier alpha value is -2.29. The van der Waals surface area contributed by atoms with E-state index in [1.54, 1.807) is 0 Å². The van der Waals surface area contributed by atoms with Gasteiger partial charge in [-0.3, -0.25) is 4.98 Å². The number of ether oxygens (including phenoxy) is 1. The van der Waals surface area contributed by atoms with E-state index in [-0.39, 0.29) is 0 Å². The number of aromatic amines is 1. The van der Waals surface area contributed by atoms with Gasteiger partial charge in [-0.15, -0.1) is 0 Å². The van der Waals surface area contributed by atoms with Crippen LogP contribution in [0.15, 0.2) is 42.6 Å². The number of nitrogens with zero attached hydrogens (tertiary/aromatic N) is 1. The monoisotopic (exact) mass is 252 g/mol. The van der Waals surface area contributed by atoms with Crippen LogP contribution in [0, 0.1) is 13.8 Å². The molecule has 0 fully saturated rings. The molecular weight excluding hydrogens is 236 g/mol. The number of nitrogens with one attached hydrogen (secondary N) is 1. The van der Waals surface area contributed by atoms with Crippen LogP contribution in [0.5, 0.6) is 5.75 Å². The molecule has 3 aromatic rings. The fraction of sp³-hybridized carbons (Fsp3) is 0.188. The van der Waals surface area contributed by atoms with Crippen molar-refractivity contribution in [1.29, 1.82) is 0 Å². The van der Waals surface area contributed by atoms with E-state index in [4.69, 9.17) is 4.74 Å². The zero-order valence-electron chi connectivity index (χ0n) is 11.1. The minimum Gasteiger partial charge on any atom is -0.487 e. The number of pyridine rings is 1. The van der Waals surface area contributed by atoms with Gasteiger partial charge in [0, 0.05) is 6.20 Å². The van der Waals surface area contributed by atoms with Crippen molar-refractivity contribution in [2.45, 2.75) is 20.5 Å². The molecule has 0 aliphatic carbocycles. The third kappa shape index (κ3) is 2.45. The van der Waals surface area contributed by atoms with Crippen LogP contribution in [0.1, 0.15) is 16.8 Å². The van der Waals surface area contributed by atoms with E-state index in [2.05, 4.69) is 23.8 Å². The first-order chi connectivity index (χ1) is 9.22. The summed E-state index contributed by atoms with van der Waals surface area (Å²) in [5.41, 5.74) is 5.55. The molecule has 0 atom stereocenters. The Kier molecular flexibility index (Phi) is 2.95. The summed E-state index contributed by atoms with van der Waals surface area (Å²) in [6.45, 7) is 4.67. The Balaban J connectivity index is 1.78. The molecular formula is C16H16N2O. The van der Waals surface area contributed by atoms with Crippen molar-refractivity contribution in [3.63, 3.8) is 0 Å². The zero-order chi connectivity index (χ0) is 13.2. The van der Waals surface area contributed by atoms with Crippen LogP contribution in [-0.2, 0) is 6.61 Å². The fourth-order valence-electron chi connectivity index (χ4n) is 2.09. The highest BCUT2D eigenvalue weighted by Crippen LogP contribution is 2.18. The maximum atomic E-state index is 5.76. The summed E-state index contributed by atoms with van der Waals surface area (Å²) >= 11 is 0. The van der Waals surface area contributed by atoms with Gasteiger partial charge in [-0.2, -0.15) is 0 Å². The van der Waals surface area contributed by atoms with Gasteiger partial charge in [-0.1, -0.05) is 17.7 Å². The van der Waals surface area contributed by atoms with Gasteiger partial charge >= 0.3 is 0 Å². The first kappa shape index (κ1) is 11.8. The van der Waals surface area contributed by atoms with Gasteiger partial charge in [-0.25, -0.2) is 0 Å². The number of fused-ring (bicyclic) bond motifs is 1. The molecule has 96 valence electrons. The Labute approximate surface area is 112 Å². The molecule has 3 heteroatoms. The Morgan fingerprint density at radius 3 is 2.63 bits per heavy atom. The molecule has 0 amide bonds. The van der Waals surface area contributed by atoms with Crippen LogP contribution in [-0.4, -0.2) is 9.97 Å². The van der Waals surface area contributed by atoms with Gasteiger partial charge in [0.15, 0.2) is 0 Å². The summed E-state index contributed by atoms with van der Waals surface area (Å²) in [5.74, 6) is 0.883. The predicted molar refractivity (Wildman–Crippen MR) is 76.3 cm³/mol. The molecule has 19 heavy (non-hydrogen) atoms. The standard InChI is InChI=1S/C16H16N2O/c1-11-3-5-14(6-4-11)19-10-13-9-15-16(18-13)12(2)7-8-17-15/h3-9,18H,10H2,1-2H3. The van der Waals surface area contributed by atoms with Crippen LogP contribution in [0.4, 0.5) is 0 Å². The van der Waals surface area contributed by atoms with Crippen molar-refractivity contribution in [3.05, 3.63) is 59.4 Å². The summed E-state index contributed by atoms with van der Waals surface area (Å²) < 4.78 is 5.76. The quantitative estimate of drug-likeness (QED) is 0.770. The largest absolute Gasteiger partial charge is 0.487 e. The number of benzene rings is 1. The summed E-state index contributed by atoms with van der Waals surface area (Å²) in [6, 6.07) is 12.1. The third-order valence-corrected chi connectivity index (χ3v) is 3.20. The maximum absolute atomic E-state index is 5.76. The van der Waals surface area contributed by atoms with Gasteiger partial charge in [0.2, 0.25) is 0 Å². The minimum absolute atomic E-state index is 0.527. The third-order valence-electron chi connectivity index (χ3n) is 3.20. The second-order valence-electron chi connectivity index (χ2n) is 4.78. The van der Waals surface area contributed by atoms with Crippen molar-refractivity contribution in [2.24, 2.45) is 0 Å². The Morgan fingerprint density at radius 2 is 1.89 bits per heavy atom. The number of rotatable bonds is 3. The van der Waals surface area contributed by atoms with Gasteiger partial charge in [0.25, 0.3) is 0 Å². The van der Waals surface area contributed by atoms with Crippen molar-refractivity contribution in [1.82, 2.24) is 9.97 Å². The van der Waals surface area contributed by atoms with Crippen LogP contribution >= 0.6 is 0 Å². The van der Waals surface area contributed by atoms with Crippen molar-refractivity contribution in [3.8, 4) is 5.75 Å². The molecule has 1 aromatic carbocycles. The lowest BCUT2D eigenvalue weighted by atomic mass is 10.2. The lowest BCUT2D eigenvalue weighted by Crippen LogP contribution is -1.95. The molecule has 3 rings (SSSR count). The molecule has 0 bridgehead atoms. The highest BCUT2D eigenvalue weighted by molar-refractivity contribution is 5.79. The summed E-state index contributed by atoms with van der Waals surface area (Å²) in [4.78, 5) is 7.70. The van der Waals surface area contributed by atoms with E-state index in [0.717, 1.165) is 22.5 Å². The Morgan fingerprint density at radius 1 is 1.11 bits per heavy atom. The lowest BCUT2D eigenvalue weighted by molar-refractivity contribution is 0.302. The number of H-pyrrole nitrogens is 1. The van der Waals surface area contributed by atoms with Gasteiger partial charge in [-0.05, 0) is 43.7 Å². The molecule has 0 spiro atoms. The van der Waals surface area contributed by atoms with E-state index >= 15 is 0 Å². The SMILES string of the molecule is Cc1ccc(OCc2cc3nccc(C)c3[nH]2)cc1. The summed E-state index contributed by atoms with van der Waals surface area (Å²) in [7, 11) is 0. The first-order valence-electron chi connectivity index (χ1n) is 6.35. The average Bonchev–Trinajstić information content (AvgIpc) is 2.83. The molecule has 2 heterocycles. The number of aryl methyl sites for hydroxylation is 2. The molecule has 2 aromatic heterocycles. The van der Waals surface area contributed by atoms with Gasteiger partial charge < -0.3 is 9.72 Å². The van der Waals surface area contributed by atoms with Crippen LogP contribution in [0.2, 0.25) is 0 Å².